The predicted octanol–water partition coefficient (Wildman–Crippen LogP) is 1.33. The van der Waals surface area contributed by atoms with Crippen LogP contribution in [0.25, 0.3) is 5.95 Å². The lowest BCUT2D eigenvalue weighted by Gasteiger charge is -2.22. The zero-order chi connectivity index (χ0) is 13.9. The molecule has 0 bridgehead atoms. The van der Waals surface area contributed by atoms with Crippen LogP contribution in [0.1, 0.15) is 13.3 Å². The Balaban J connectivity index is 1.92. The van der Waals surface area contributed by atoms with Gasteiger partial charge in [0, 0.05) is 32.1 Å². The van der Waals surface area contributed by atoms with Gasteiger partial charge in [0.05, 0.1) is 6.10 Å². The topological polar surface area (TPSA) is 69.0 Å². The van der Waals surface area contributed by atoms with Gasteiger partial charge in [0.2, 0.25) is 11.2 Å². The number of hydrogen-bond donors (Lipinski definition) is 0. The number of anilines is 1. The Morgan fingerprint density at radius 3 is 2.95 bits per heavy atom. The minimum atomic E-state index is 0.140. The van der Waals surface area contributed by atoms with E-state index in [0.717, 1.165) is 26.1 Å². The van der Waals surface area contributed by atoms with Gasteiger partial charge in [0.15, 0.2) is 0 Å². The molecule has 0 radical (unpaired) electrons. The van der Waals surface area contributed by atoms with Gasteiger partial charge in [0.1, 0.15) is 0 Å². The summed E-state index contributed by atoms with van der Waals surface area (Å²) in [5.74, 6) is 0.982. The van der Waals surface area contributed by atoms with Crippen LogP contribution in [0.3, 0.4) is 0 Å². The monoisotopic (exact) mass is 294 g/mol. The van der Waals surface area contributed by atoms with E-state index in [1.165, 1.54) is 0 Å². The molecule has 0 aromatic carbocycles. The van der Waals surface area contributed by atoms with Gasteiger partial charge in [0.25, 0.3) is 5.95 Å². The maximum absolute atomic E-state index is 6.00. The number of rotatable bonds is 2. The second-order valence-electron chi connectivity index (χ2n) is 4.64. The number of aromatic nitrogens is 5. The molecule has 0 aliphatic carbocycles. The molecule has 2 aromatic heterocycles. The fourth-order valence-corrected chi connectivity index (χ4v) is 2.29. The van der Waals surface area contributed by atoms with Crippen molar-refractivity contribution in [2.75, 3.05) is 24.6 Å². The SMILES string of the molecule is CC1CN(c2nc(Cl)nc(-n3cccn3)n2)CCCO1. The Hall–Kier alpha value is -1.73. The molecule has 1 aliphatic heterocycles. The van der Waals surface area contributed by atoms with Crippen LogP contribution in [0.15, 0.2) is 18.5 Å². The molecule has 1 aliphatic rings. The molecular formula is C12H15ClN6O. The lowest BCUT2D eigenvalue weighted by molar-refractivity contribution is 0.0820. The zero-order valence-corrected chi connectivity index (χ0v) is 11.9. The Morgan fingerprint density at radius 1 is 1.30 bits per heavy atom. The van der Waals surface area contributed by atoms with Crippen molar-refractivity contribution in [3.8, 4) is 5.95 Å². The normalized spacial score (nSPS) is 19.9. The summed E-state index contributed by atoms with van der Waals surface area (Å²) in [5.41, 5.74) is 0. The third-order valence-electron chi connectivity index (χ3n) is 3.03. The first kappa shape index (κ1) is 13.3. The van der Waals surface area contributed by atoms with Crippen molar-refractivity contribution < 1.29 is 4.74 Å². The highest BCUT2D eigenvalue weighted by Gasteiger charge is 2.19. The molecule has 1 unspecified atom stereocenters. The molecule has 0 N–H and O–H groups in total. The Morgan fingerprint density at radius 2 is 2.15 bits per heavy atom. The third kappa shape index (κ3) is 2.88. The highest BCUT2D eigenvalue weighted by Crippen LogP contribution is 2.16. The molecular weight excluding hydrogens is 280 g/mol. The van der Waals surface area contributed by atoms with Crippen LogP contribution in [0.2, 0.25) is 5.28 Å². The Kier molecular flexibility index (Phi) is 3.79. The summed E-state index contributed by atoms with van der Waals surface area (Å²) in [5, 5.41) is 4.27. The van der Waals surface area contributed by atoms with E-state index in [4.69, 9.17) is 16.3 Å². The quantitative estimate of drug-likeness (QED) is 0.832. The number of ether oxygens (including phenoxy) is 1. The summed E-state index contributed by atoms with van der Waals surface area (Å²) in [6.07, 6.45) is 4.51. The molecule has 8 heteroatoms. The first-order valence-electron chi connectivity index (χ1n) is 6.50. The lowest BCUT2D eigenvalue weighted by Crippen LogP contribution is -2.32. The highest BCUT2D eigenvalue weighted by atomic mass is 35.5. The molecule has 106 valence electrons. The van der Waals surface area contributed by atoms with Crippen molar-refractivity contribution in [3.05, 3.63) is 23.7 Å². The third-order valence-corrected chi connectivity index (χ3v) is 3.20. The molecule has 0 spiro atoms. The summed E-state index contributed by atoms with van der Waals surface area (Å²) < 4.78 is 7.19. The van der Waals surface area contributed by atoms with Gasteiger partial charge in [-0.05, 0) is 31.0 Å². The van der Waals surface area contributed by atoms with E-state index in [9.17, 15) is 0 Å². The van der Waals surface area contributed by atoms with Gasteiger partial charge in [-0.15, -0.1) is 0 Å². The van der Waals surface area contributed by atoms with Crippen molar-refractivity contribution in [2.24, 2.45) is 0 Å². The molecule has 0 amide bonds. The number of nitrogens with zero attached hydrogens (tertiary/aromatic N) is 6. The van der Waals surface area contributed by atoms with E-state index in [-0.39, 0.29) is 11.4 Å². The van der Waals surface area contributed by atoms with E-state index < -0.39 is 0 Å². The predicted molar refractivity (Wildman–Crippen MR) is 74.2 cm³/mol. The first-order valence-corrected chi connectivity index (χ1v) is 6.88. The lowest BCUT2D eigenvalue weighted by atomic mass is 10.3. The fourth-order valence-electron chi connectivity index (χ4n) is 2.14. The van der Waals surface area contributed by atoms with E-state index in [2.05, 4.69) is 25.0 Å². The van der Waals surface area contributed by atoms with Crippen molar-refractivity contribution in [1.29, 1.82) is 0 Å². The summed E-state index contributed by atoms with van der Waals surface area (Å²) >= 11 is 6.00. The van der Waals surface area contributed by atoms with Crippen molar-refractivity contribution in [3.63, 3.8) is 0 Å². The minimum absolute atomic E-state index is 0.140. The molecule has 1 atom stereocenters. The summed E-state index contributed by atoms with van der Waals surface area (Å²) in [6.45, 7) is 4.36. The maximum Gasteiger partial charge on any atom is 0.256 e. The zero-order valence-electron chi connectivity index (χ0n) is 11.1. The maximum atomic E-state index is 6.00. The Labute approximate surface area is 121 Å². The van der Waals surface area contributed by atoms with Crippen LogP contribution in [-0.2, 0) is 4.74 Å². The van der Waals surface area contributed by atoms with Crippen molar-refractivity contribution in [2.45, 2.75) is 19.4 Å². The summed E-state index contributed by atoms with van der Waals surface area (Å²) in [6, 6.07) is 1.80. The number of hydrogen-bond acceptors (Lipinski definition) is 6. The van der Waals surface area contributed by atoms with Crippen LogP contribution in [0.4, 0.5) is 5.95 Å². The van der Waals surface area contributed by atoms with Crippen LogP contribution in [-0.4, -0.2) is 50.5 Å². The van der Waals surface area contributed by atoms with Crippen LogP contribution in [0, 0.1) is 0 Å². The number of halogens is 1. The average Bonchev–Trinajstić information content (AvgIpc) is 2.87. The van der Waals surface area contributed by atoms with E-state index in [1.54, 1.807) is 23.1 Å². The first-order chi connectivity index (χ1) is 9.72. The molecule has 1 fully saturated rings. The van der Waals surface area contributed by atoms with Crippen LogP contribution >= 0.6 is 11.6 Å². The summed E-state index contributed by atoms with van der Waals surface area (Å²) in [7, 11) is 0. The van der Waals surface area contributed by atoms with Gasteiger partial charge in [-0.3, -0.25) is 0 Å². The Bertz CT molecular complexity index is 575. The fraction of sp³-hybridized carbons (Fsp3) is 0.500. The van der Waals surface area contributed by atoms with Gasteiger partial charge in [-0.25, -0.2) is 4.68 Å². The second-order valence-corrected chi connectivity index (χ2v) is 4.97. The average molecular weight is 295 g/mol. The van der Waals surface area contributed by atoms with Crippen molar-refractivity contribution in [1.82, 2.24) is 24.7 Å². The van der Waals surface area contributed by atoms with Gasteiger partial charge < -0.3 is 9.64 Å². The molecule has 1 saturated heterocycles. The van der Waals surface area contributed by atoms with Crippen molar-refractivity contribution >= 4 is 17.5 Å². The highest BCUT2D eigenvalue weighted by molar-refractivity contribution is 6.28. The van der Waals surface area contributed by atoms with Gasteiger partial charge in [-0.2, -0.15) is 20.1 Å². The van der Waals surface area contributed by atoms with E-state index >= 15 is 0 Å². The molecule has 7 nitrogen and oxygen atoms in total. The van der Waals surface area contributed by atoms with Crippen LogP contribution < -0.4 is 4.90 Å². The molecule has 3 heterocycles. The standard InChI is InChI=1S/C12H15ClN6O/c1-9-8-18(5-3-7-20-9)11-15-10(13)16-12(17-11)19-6-2-4-14-19/h2,4,6,9H,3,5,7-8H2,1H3. The summed E-state index contributed by atoms with van der Waals surface area (Å²) in [4.78, 5) is 14.8. The van der Waals surface area contributed by atoms with E-state index in [1.807, 2.05) is 6.92 Å². The van der Waals surface area contributed by atoms with Crippen LogP contribution in [0.5, 0.6) is 0 Å². The molecule has 2 aromatic rings. The van der Waals surface area contributed by atoms with Gasteiger partial charge >= 0.3 is 0 Å². The largest absolute Gasteiger partial charge is 0.377 e. The van der Waals surface area contributed by atoms with Gasteiger partial charge in [-0.1, -0.05) is 0 Å². The molecule has 20 heavy (non-hydrogen) atoms. The smallest absolute Gasteiger partial charge is 0.256 e. The second kappa shape index (κ2) is 5.72. The minimum Gasteiger partial charge on any atom is -0.377 e. The van der Waals surface area contributed by atoms with E-state index in [0.29, 0.717) is 11.9 Å². The molecule has 0 saturated carbocycles. The molecule has 3 rings (SSSR count).